The Kier molecular flexibility index (Phi) is 10.1. The SMILES string of the molecule is CCNC(=NCC(C)C)NCCCCOCc1ccccc1. The zero-order valence-corrected chi connectivity index (χ0v) is 14.3. The van der Waals surface area contributed by atoms with Crippen LogP contribution in [0.25, 0.3) is 0 Å². The number of ether oxygens (including phenoxy) is 1. The van der Waals surface area contributed by atoms with E-state index in [9.17, 15) is 0 Å². The fourth-order valence-electron chi connectivity index (χ4n) is 1.92. The molecule has 0 saturated heterocycles. The summed E-state index contributed by atoms with van der Waals surface area (Å²) in [6.45, 7) is 10.6. The van der Waals surface area contributed by atoms with Gasteiger partial charge in [0.2, 0.25) is 0 Å². The standard InChI is InChI=1S/C18H31N3O/c1-4-19-18(21-14-16(2)3)20-12-8-9-13-22-15-17-10-6-5-7-11-17/h5-7,10-11,16H,4,8-9,12-15H2,1-3H3,(H2,19,20,21). The first kappa shape index (κ1) is 18.5. The largest absolute Gasteiger partial charge is 0.377 e. The fraction of sp³-hybridized carbons (Fsp3) is 0.611. The molecule has 0 aliphatic carbocycles. The lowest BCUT2D eigenvalue weighted by atomic mass is 10.2. The number of rotatable bonds is 10. The molecule has 1 aromatic rings. The summed E-state index contributed by atoms with van der Waals surface area (Å²) >= 11 is 0. The monoisotopic (exact) mass is 305 g/mol. The van der Waals surface area contributed by atoms with Crippen LogP contribution < -0.4 is 10.6 Å². The van der Waals surface area contributed by atoms with Crippen molar-refractivity contribution in [1.82, 2.24) is 10.6 Å². The summed E-state index contributed by atoms with van der Waals surface area (Å²) in [5, 5.41) is 6.64. The summed E-state index contributed by atoms with van der Waals surface area (Å²) in [5.41, 5.74) is 1.23. The molecule has 1 aromatic carbocycles. The van der Waals surface area contributed by atoms with Crippen LogP contribution in [0.15, 0.2) is 35.3 Å². The Morgan fingerprint density at radius 2 is 1.91 bits per heavy atom. The van der Waals surface area contributed by atoms with Gasteiger partial charge in [-0.3, -0.25) is 4.99 Å². The maximum absolute atomic E-state index is 5.68. The summed E-state index contributed by atoms with van der Waals surface area (Å²) < 4.78 is 5.68. The third-order valence-electron chi connectivity index (χ3n) is 3.08. The summed E-state index contributed by atoms with van der Waals surface area (Å²) in [4.78, 5) is 4.55. The van der Waals surface area contributed by atoms with Crippen molar-refractivity contribution in [3.05, 3.63) is 35.9 Å². The van der Waals surface area contributed by atoms with Crippen LogP contribution in [0.4, 0.5) is 0 Å². The molecule has 0 radical (unpaired) electrons. The number of nitrogens with one attached hydrogen (secondary N) is 2. The Labute approximate surface area is 135 Å². The van der Waals surface area contributed by atoms with Crippen molar-refractivity contribution in [1.29, 1.82) is 0 Å². The second-order valence-electron chi connectivity index (χ2n) is 5.79. The molecule has 4 nitrogen and oxygen atoms in total. The summed E-state index contributed by atoms with van der Waals surface area (Å²) in [6.07, 6.45) is 2.14. The van der Waals surface area contributed by atoms with Crippen molar-refractivity contribution in [3.8, 4) is 0 Å². The van der Waals surface area contributed by atoms with Crippen molar-refractivity contribution in [2.45, 2.75) is 40.2 Å². The van der Waals surface area contributed by atoms with E-state index < -0.39 is 0 Å². The minimum Gasteiger partial charge on any atom is -0.377 e. The predicted molar refractivity (Wildman–Crippen MR) is 94.2 cm³/mol. The van der Waals surface area contributed by atoms with E-state index in [0.29, 0.717) is 12.5 Å². The molecular weight excluding hydrogens is 274 g/mol. The minimum atomic E-state index is 0.585. The Morgan fingerprint density at radius 3 is 2.59 bits per heavy atom. The van der Waals surface area contributed by atoms with E-state index in [1.807, 2.05) is 18.2 Å². The molecule has 0 aliphatic rings. The van der Waals surface area contributed by atoms with Gasteiger partial charge in [0.25, 0.3) is 0 Å². The number of hydrogen-bond donors (Lipinski definition) is 2. The van der Waals surface area contributed by atoms with Crippen LogP contribution in [-0.4, -0.2) is 32.2 Å². The molecular formula is C18H31N3O. The van der Waals surface area contributed by atoms with E-state index in [1.165, 1.54) is 5.56 Å². The Bertz CT molecular complexity index is 404. The van der Waals surface area contributed by atoms with Gasteiger partial charge in [-0.05, 0) is 31.2 Å². The van der Waals surface area contributed by atoms with Gasteiger partial charge < -0.3 is 15.4 Å². The first-order chi connectivity index (χ1) is 10.7. The summed E-state index contributed by atoms with van der Waals surface area (Å²) in [6, 6.07) is 10.3. The molecule has 0 fully saturated rings. The first-order valence-corrected chi connectivity index (χ1v) is 8.36. The van der Waals surface area contributed by atoms with Gasteiger partial charge in [0, 0.05) is 26.2 Å². The molecule has 4 heteroatoms. The second-order valence-corrected chi connectivity index (χ2v) is 5.79. The lowest BCUT2D eigenvalue weighted by Gasteiger charge is -2.12. The molecule has 2 N–H and O–H groups in total. The lowest BCUT2D eigenvalue weighted by Crippen LogP contribution is -2.38. The molecule has 22 heavy (non-hydrogen) atoms. The quantitative estimate of drug-likeness (QED) is 0.396. The van der Waals surface area contributed by atoms with E-state index in [1.54, 1.807) is 0 Å². The molecule has 1 rings (SSSR count). The van der Waals surface area contributed by atoms with Gasteiger partial charge >= 0.3 is 0 Å². The Morgan fingerprint density at radius 1 is 1.14 bits per heavy atom. The van der Waals surface area contributed by atoms with E-state index in [0.717, 1.165) is 45.0 Å². The van der Waals surface area contributed by atoms with Crippen molar-refractivity contribution >= 4 is 5.96 Å². The van der Waals surface area contributed by atoms with Crippen LogP contribution in [0.2, 0.25) is 0 Å². The average Bonchev–Trinajstić information content (AvgIpc) is 2.52. The van der Waals surface area contributed by atoms with Crippen LogP contribution >= 0.6 is 0 Å². The molecule has 0 bridgehead atoms. The summed E-state index contributed by atoms with van der Waals surface area (Å²) in [7, 11) is 0. The number of hydrogen-bond acceptors (Lipinski definition) is 2. The van der Waals surface area contributed by atoms with Gasteiger partial charge in [-0.1, -0.05) is 44.2 Å². The van der Waals surface area contributed by atoms with Crippen molar-refractivity contribution in [3.63, 3.8) is 0 Å². The zero-order chi connectivity index (χ0) is 16.0. The number of unbranched alkanes of at least 4 members (excludes halogenated alkanes) is 1. The van der Waals surface area contributed by atoms with Gasteiger partial charge in [0.1, 0.15) is 0 Å². The maximum atomic E-state index is 5.68. The van der Waals surface area contributed by atoms with E-state index >= 15 is 0 Å². The number of nitrogens with zero attached hydrogens (tertiary/aromatic N) is 1. The molecule has 0 unspecified atom stereocenters. The minimum absolute atomic E-state index is 0.585. The van der Waals surface area contributed by atoms with Crippen LogP contribution in [0.5, 0.6) is 0 Å². The van der Waals surface area contributed by atoms with Gasteiger partial charge in [-0.15, -0.1) is 0 Å². The summed E-state index contributed by atoms with van der Waals surface area (Å²) in [5.74, 6) is 1.50. The Balaban J connectivity index is 2.06. The number of guanidine groups is 1. The third-order valence-corrected chi connectivity index (χ3v) is 3.08. The molecule has 0 atom stereocenters. The fourth-order valence-corrected chi connectivity index (χ4v) is 1.92. The van der Waals surface area contributed by atoms with Crippen LogP contribution in [0, 0.1) is 5.92 Å². The number of aliphatic imine (C=N–C) groups is 1. The molecule has 124 valence electrons. The van der Waals surface area contributed by atoms with Crippen LogP contribution in [0.3, 0.4) is 0 Å². The van der Waals surface area contributed by atoms with E-state index in [-0.39, 0.29) is 0 Å². The average molecular weight is 305 g/mol. The molecule has 0 spiro atoms. The van der Waals surface area contributed by atoms with Crippen molar-refractivity contribution in [2.24, 2.45) is 10.9 Å². The van der Waals surface area contributed by atoms with Gasteiger partial charge in [0.15, 0.2) is 5.96 Å². The first-order valence-electron chi connectivity index (χ1n) is 8.36. The third kappa shape index (κ3) is 9.40. The molecule has 0 aromatic heterocycles. The topological polar surface area (TPSA) is 45.7 Å². The highest BCUT2D eigenvalue weighted by Gasteiger charge is 1.98. The van der Waals surface area contributed by atoms with Crippen LogP contribution in [0.1, 0.15) is 39.2 Å². The van der Waals surface area contributed by atoms with Gasteiger partial charge in [0.05, 0.1) is 6.61 Å². The number of benzene rings is 1. The maximum Gasteiger partial charge on any atom is 0.191 e. The highest BCUT2D eigenvalue weighted by molar-refractivity contribution is 5.79. The van der Waals surface area contributed by atoms with Crippen molar-refractivity contribution < 1.29 is 4.74 Å². The van der Waals surface area contributed by atoms with Gasteiger partial charge in [-0.25, -0.2) is 0 Å². The molecule has 0 saturated carbocycles. The van der Waals surface area contributed by atoms with Gasteiger partial charge in [-0.2, -0.15) is 0 Å². The normalized spacial score (nSPS) is 11.7. The highest BCUT2D eigenvalue weighted by atomic mass is 16.5. The van der Waals surface area contributed by atoms with E-state index in [4.69, 9.17) is 4.74 Å². The smallest absolute Gasteiger partial charge is 0.191 e. The van der Waals surface area contributed by atoms with Crippen LogP contribution in [-0.2, 0) is 11.3 Å². The highest BCUT2D eigenvalue weighted by Crippen LogP contribution is 2.01. The second kappa shape index (κ2) is 12.0. The predicted octanol–water partition coefficient (Wildman–Crippen LogP) is 3.19. The zero-order valence-electron chi connectivity index (χ0n) is 14.3. The molecule has 0 heterocycles. The molecule has 0 aliphatic heterocycles. The molecule has 0 amide bonds. The Hall–Kier alpha value is -1.55. The van der Waals surface area contributed by atoms with E-state index in [2.05, 4.69) is 48.5 Å². The van der Waals surface area contributed by atoms with Crippen molar-refractivity contribution in [2.75, 3.05) is 26.2 Å². The lowest BCUT2D eigenvalue weighted by molar-refractivity contribution is 0.117.